The van der Waals surface area contributed by atoms with Crippen molar-refractivity contribution >= 4 is 28.4 Å². The van der Waals surface area contributed by atoms with Crippen molar-refractivity contribution in [1.29, 1.82) is 0 Å². The molecule has 1 aliphatic heterocycles. The summed E-state index contributed by atoms with van der Waals surface area (Å²) in [4.78, 5) is 19.2. The average Bonchev–Trinajstić information content (AvgIpc) is 3.21. The normalized spacial score (nSPS) is 14.0. The Labute approximate surface area is 213 Å². The van der Waals surface area contributed by atoms with Gasteiger partial charge in [-0.3, -0.25) is 0 Å². The van der Waals surface area contributed by atoms with Gasteiger partial charge in [-0.05, 0) is 62.8 Å². The number of nitrogens with one attached hydrogen (secondary N) is 2. The van der Waals surface area contributed by atoms with Crippen LogP contribution in [0.15, 0.2) is 42.6 Å². The predicted molar refractivity (Wildman–Crippen MR) is 145 cm³/mol. The summed E-state index contributed by atoms with van der Waals surface area (Å²) in [6.07, 6.45) is 7.79. The van der Waals surface area contributed by atoms with Crippen LogP contribution in [0.3, 0.4) is 0 Å². The van der Waals surface area contributed by atoms with E-state index in [0.29, 0.717) is 19.6 Å². The van der Waals surface area contributed by atoms with Crippen molar-refractivity contribution in [3.8, 4) is 0 Å². The Kier molecular flexibility index (Phi) is 9.19. The van der Waals surface area contributed by atoms with Gasteiger partial charge in [-0.2, -0.15) is 0 Å². The highest BCUT2D eigenvalue weighted by Crippen LogP contribution is 2.26. The molecule has 0 bridgehead atoms. The second kappa shape index (κ2) is 12.7. The highest BCUT2D eigenvalue weighted by Gasteiger charge is 2.20. The molecule has 0 fully saturated rings. The molecule has 0 saturated carbocycles. The average molecular weight is 494 g/mol. The standard InChI is InChI=1S/C28H39N5O3/c1-32-20-25(23-10-3-4-11-26(23)32)31-24(28(34)35)14-17-33(18-19-36-2)16-6-5-9-22-13-12-21-8-7-15-29-27(21)30-22/h3-4,10-13,20,24,31H,5-9,14-19H2,1-2H3,(H,29,30)(H,34,35). The van der Waals surface area contributed by atoms with Crippen molar-refractivity contribution in [3.05, 3.63) is 53.9 Å². The smallest absolute Gasteiger partial charge is 0.326 e. The number of nitrogens with zero attached hydrogens (tertiary/aromatic N) is 3. The summed E-state index contributed by atoms with van der Waals surface area (Å²) in [5.74, 6) is 0.223. The molecule has 1 unspecified atom stereocenters. The quantitative estimate of drug-likeness (QED) is 0.291. The SMILES string of the molecule is COCCN(CCCCc1ccc2c(n1)NCCC2)CCC(Nc1cn(C)c2ccccc12)C(=O)O. The number of pyridine rings is 1. The van der Waals surface area contributed by atoms with Gasteiger partial charge in [0.25, 0.3) is 0 Å². The maximum absolute atomic E-state index is 12.1. The third-order valence-corrected chi connectivity index (χ3v) is 6.98. The molecular weight excluding hydrogens is 454 g/mol. The van der Waals surface area contributed by atoms with Crippen molar-refractivity contribution in [2.45, 2.75) is 44.6 Å². The molecule has 2 aromatic heterocycles. The topological polar surface area (TPSA) is 91.7 Å². The molecule has 0 spiro atoms. The van der Waals surface area contributed by atoms with E-state index in [1.54, 1.807) is 7.11 Å². The van der Waals surface area contributed by atoms with Crippen molar-refractivity contribution in [1.82, 2.24) is 14.5 Å². The number of carboxylic acids is 1. The van der Waals surface area contributed by atoms with Crippen LogP contribution in [0.4, 0.5) is 11.5 Å². The van der Waals surface area contributed by atoms with Crippen LogP contribution in [-0.2, 0) is 29.4 Å². The summed E-state index contributed by atoms with van der Waals surface area (Å²) in [6, 6.07) is 11.7. The van der Waals surface area contributed by atoms with Crippen LogP contribution >= 0.6 is 0 Å². The first-order valence-corrected chi connectivity index (χ1v) is 13.0. The number of benzene rings is 1. The molecule has 0 amide bonds. The number of carboxylic acid groups (broad SMARTS) is 1. The zero-order chi connectivity index (χ0) is 25.3. The number of ether oxygens (including phenoxy) is 1. The maximum atomic E-state index is 12.1. The number of fused-ring (bicyclic) bond motifs is 2. The summed E-state index contributed by atoms with van der Waals surface area (Å²) >= 11 is 0. The molecule has 3 aromatic rings. The van der Waals surface area contributed by atoms with E-state index in [1.807, 2.05) is 42.1 Å². The van der Waals surface area contributed by atoms with E-state index in [9.17, 15) is 9.90 Å². The highest BCUT2D eigenvalue weighted by molar-refractivity contribution is 5.94. The van der Waals surface area contributed by atoms with E-state index in [2.05, 4.69) is 27.7 Å². The van der Waals surface area contributed by atoms with Gasteiger partial charge in [0, 0.05) is 56.6 Å². The molecular formula is C28H39N5O3. The first kappa shape index (κ1) is 26.0. The van der Waals surface area contributed by atoms with Crippen LogP contribution in [0.25, 0.3) is 10.9 Å². The fourth-order valence-electron chi connectivity index (χ4n) is 4.92. The van der Waals surface area contributed by atoms with Gasteiger partial charge in [0.2, 0.25) is 0 Å². The molecule has 0 radical (unpaired) electrons. The molecule has 194 valence electrons. The summed E-state index contributed by atoms with van der Waals surface area (Å²) in [6.45, 7) is 4.03. The van der Waals surface area contributed by atoms with Crippen LogP contribution in [0.5, 0.6) is 0 Å². The largest absolute Gasteiger partial charge is 0.480 e. The van der Waals surface area contributed by atoms with Gasteiger partial charge in [-0.1, -0.05) is 24.3 Å². The van der Waals surface area contributed by atoms with Crippen molar-refractivity contribution < 1.29 is 14.6 Å². The minimum Gasteiger partial charge on any atom is -0.480 e. The number of methoxy groups -OCH3 is 1. The van der Waals surface area contributed by atoms with E-state index in [4.69, 9.17) is 9.72 Å². The number of carbonyl (C=O) groups is 1. The van der Waals surface area contributed by atoms with Crippen molar-refractivity contribution in [2.75, 3.05) is 50.5 Å². The lowest BCUT2D eigenvalue weighted by molar-refractivity contribution is -0.138. The number of hydrogen-bond acceptors (Lipinski definition) is 6. The monoisotopic (exact) mass is 493 g/mol. The number of unbranched alkanes of at least 4 members (excludes halogenated alkanes) is 1. The number of aromatic nitrogens is 2. The van der Waals surface area contributed by atoms with Gasteiger partial charge >= 0.3 is 5.97 Å². The van der Waals surface area contributed by atoms with Crippen LogP contribution in [0.2, 0.25) is 0 Å². The molecule has 3 heterocycles. The lowest BCUT2D eigenvalue weighted by Crippen LogP contribution is -2.36. The van der Waals surface area contributed by atoms with Gasteiger partial charge in [-0.15, -0.1) is 0 Å². The molecule has 1 aliphatic rings. The Morgan fingerprint density at radius 3 is 2.92 bits per heavy atom. The number of anilines is 2. The van der Waals surface area contributed by atoms with Gasteiger partial charge < -0.3 is 29.9 Å². The zero-order valence-electron chi connectivity index (χ0n) is 21.5. The highest BCUT2D eigenvalue weighted by atomic mass is 16.5. The summed E-state index contributed by atoms with van der Waals surface area (Å²) in [5, 5.41) is 17.6. The van der Waals surface area contributed by atoms with Gasteiger partial charge in [0.1, 0.15) is 11.9 Å². The van der Waals surface area contributed by atoms with Gasteiger partial charge in [0.15, 0.2) is 0 Å². The van der Waals surface area contributed by atoms with Crippen LogP contribution < -0.4 is 10.6 Å². The third kappa shape index (κ3) is 6.77. The molecule has 4 rings (SSSR count). The van der Waals surface area contributed by atoms with Gasteiger partial charge in [-0.25, -0.2) is 9.78 Å². The minimum absolute atomic E-state index is 0.514. The Bertz CT molecular complexity index is 1150. The zero-order valence-corrected chi connectivity index (χ0v) is 21.5. The molecule has 8 heteroatoms. The molecule has 1 aromatic carbocycles. The molecule has 8 nitrogen and oxygen atoms in total. The second-order valence-electron chi connectivity index (χ2n) is 9.63. The summed E-state index contributed by atoms with van der Waals surface area (Å²) in [5.41, 5.74) is 4.39. The van der Waals surface area contributed by atoms with Crippen molar-refractivity contribution in [2.24, 2.45) is 7.05 Å². The lowest BCUT2D eigenvalue weighted by atomic mass is 10.1. The molecule has 36 heavy (non-hydrogen) atoms. The number of para-hydroxylation sites is 1. The van der Waals surface area contributed by atoms with E-state index in [1.165, 1.54) is 12.0 Å². The van der Waals surface area contributed by atoms with Crippen LogP contribution in [0.1, 0.15) is 36.9 Å². The Morgan fingerprint density at radius 2 is 2.08 bits per heavy atom. The Balaban J connectivity index is 1.29. The number of hydrogen-bond donors (Lipinski definition) is 3. The first-order chi connectivity index (χ1) is 17.5. The molecule has 1 atom stereocenters. The summed E-state index contributed by atoms with van der Waals surface area (Å²) < 4.78 is 7.33. The molecule has 0 saturated heterocycles. The fraction of sp³-hybridized carbons (Fsp3) is 0.500. The van der Waals surface area contributed by atoms with E-state index in [-0.39, 0.29) is 0 Å². The van der Waals surface area contributed by atoms with Gasteiger partial charge in [0.05, 0.1) is 12.3 Å². The molecule has 3 N–H and O–H groups in total. The third-order valence-electron chi connectivity index (χ3n) is 6.98. The minimum atomic E-state index is -0.832. The lowest BCUT2D eigenvalue weighted by Gasteiger charge is -2.24. The number of aliphatic carboxylic acids is 1. The number of rotatable bonds is 14. The van der Waals surface area contributed by atoms with E-state index < -0.39 is 12.0 Å². The van der Waals surface area contributed by atoms with Crippen LogP contribution in [-0.4, -0.2) is 71.5 Å². The molecule has 0 aliphatic carbocycles. The summed E-state index contributed by atoms with van der Waals surface area (Å²) in [7, 11) is 3.68. The van der Waals surface area contributed by atoms with Crippen LogP contribution in [0, 0.1) is 0 Å². The van der Waals surface area contributed by atoms with E-state index >= 15 is 0 Å². The van der Waals surface area contributed by atoms with E-state index in [0.717, 1.165) is 73.4 Å². The Hall–Kier alpha value is -3.10. The predicted octanol–water partition coefficient (Wildman–Crippen LogP) is 4.16. The second-order valence-corrected chi connectivity index (χ2v) is 9.63. The number of aryl methyl sites for hydroxylation is 3. The fourth-order valence-corrected chi connectivity index (χ4v) is 4.92. The van der Waals surface area contributed by atoms with Crippen molar-refractivity contribution in [3.63, 3.8) is 0 Å². The Morgan fingerprint density at radius 1 is 1.22 bits per heavy atom. The maximum Gasteiger partial charge on any atom is 0.326 e. The first-order valence-electron chi connectivity index (χ1n) is 13.0.